The molecule has 5 rings (SSSR count). The van der Waals surface area contributed by atoms with Gasteiger partial charge in [-0.1, -0.05) is 13.0 Å². The van der Waals surface area contributed by atoms with E-state index in [2.05, 4.69) is 22.2 Å². The lowest BCUT2D eigenvalue weighted by atomic mass is 9.77. The smallest absolute Gasteiger partial charge is 0.341 e. The molecule has 2 unspecified atom stereocenters. The van der Waals surface area contributed by atoms with E-state index in [0.717, 1.165) is 43.4 Å². The van der Waals surface area contributed by atoms with Gasteiger partial charge in [0.15, 0.2) is 5.52 Å². The van der Waals surface area contributed by atoms with E-state index in [9.17, 15) is 9.59 Å². The predicted molar refractivity (Wildman–Crippen MR) is 135 cm³/mol. The molecule has 3 heterocycles. The van der Waals surface area contributed by atoms with Gasteiger partial charge in [-0.3, -0.25) is 14.7 Å². The number of carbonyl (C=O) groups excluding carboxylic acids is 1. The molecule has 0 bridgehead atoms. The first-order valence-electron chi connectivity index (χ1n) is 12.8. The lowest BCUT2D eigenvalue weighted by Crippen LogP contribution is -2.48. The fraction of sp³-hybridized carbons (Fsp3) is 0.538. The average molecular weight is 495 g/mol. The van der Waals surface area contributed by atoms with E-state index < -0.39 is 6.03 Å². The lowest BCUT2D eigenvalue weighted by Gasteiger charge is -2.40. The fourth-order valence-corrected chi connectivity index (χ4v) is 6.19. The van der Waals surface area contributed by atoms with Crippen LogP contribution in [0.3, 0.4) is 0 Å². The highest BCUT2D eigenvalue weighted by Crippen LogP contribution is 2.51. The number of hydroxylamine groups is 1. The number of benzene rings is 1. The van der Waals surface area contributed by atoms with Gasteiger partial charge in [-0.15, -0.1) is 0 Å². The van der Waals surface area contributed by atoms with Crippen LogP contribution in [0.1, 0.15) is 63.1 Å². The molecule has 0 radical (unpaired) electrons. The minimum Gasteiger partial charge on any atom is -0.493 e. The molecular weight excluding hydrogens is 460 g/mol. The molecule has 2 amide bonds. The van der Waals surface area contributed by atoms with Crippen molar-refractivity contribution in [3.63, 3.8) is 0 Å². The second kappa shape index (κ2) is 9.57. The summed E-state index contributed by atoms with van der Waals surface area (Å²) in [5.74, 6) is 1.50. The zero-order valence-corrected chi connectivity index (χ0v) is 21.1. The van der Waals surface area contributed by atoms with Crippen LogP contribution in [0.2, 0.25) is 0 Å². The number of aromatic amines is 1. The van der Waals surface area contributed by atoms with Crippen LogP contribution < -0.4 is 15.8 Å². The zero-order valence-electron chi connectivity index (χ0n) is 21.1. The van der Waals surface area contributed by atoms with Crippen molar-refractivity contribution >= 4 is 17.1 Å². The standard InChI is InChI=1S/C26H34N6O4/c1-4-19-21-22(31(3)29-19)24(33)28-23(27-21)18-13-16(7-8-20(18)36-5-2)17-9-11-26(14-17)10-6-12-32(15-26)25(34)30-35/h7-8,13,17,35H,4-6,9-12,14-15H2,1-3H3,(H,30,34)(H,27,28,33). The molecule has 10 heteroatoms. The van der Waals surface area contributed by atoms with Gasteiger partial charge in [-0.25, -0.2) is 15.3 Å². The van der Waals surface area contributed by atoms with Crippen molar-refractivity contribution in [1.82, 2.24) is 30.1 Å². The molecule has 2 fully saturated rings. The van der Waals surface area contributed by atoms with Crippen molar-refractivity contribution in [3.05, 3.63) is 39.8 Å². The number of fused-ring (bicyclic) bond motifs is 1. The second-order valence-corrected chi connectivity index (χ2v) is 10.1. The Kier molecular flexibility index (Phi) is 6.46. The number of nitrogens with one attached hydrogen (secondary N) is 2. The summed E-state index contributed by atoms with van der Waals surface area (Å²) < 4.78 is 7.52. The van der Waals surface area contributed by atoms with Crippen LogP contribution >= 0.6 is 0 Å². The Balaban J connectivity index is 1.50. The highest BCUT2D eigenvalue weighted by Gasteiger charge is 2.43. The molecule has 1 aromatic carbocycles. The summed E-state index contributed by atoms with van der Waals surface area (Å²) in [5.41, 5.74) is 5.46. The summed E-state index contributed by atoms with van der Waals surface area (Å²) >= 11 is 0. The number of likely N-dealkylation sites (tertiary alicyclic amines) is 1. The number of rotatable bonds is 5. The van der Waals surface area contributed by atoms with Crippen LogP contribution in [0.15, 0.2) is 23.0 Å². The number of piperidine rings is 1. The number of ether oxygens (including phenoxy) is 1. The van der Waals surface area contributed by atoms with Crippen LogP contribution in [0.25, 0.3) is 22.4 Å². The maximum absolute atomic E-state index is 13.0. The van der Waals surface area contributed by atoms with Crippen molar-refractivity contribution in [3.8, 4) is 17.1 Å². The van der Waals surface area contributed by atoms with Gasteiger partial charge >= 0.3 is 6.03 Å². The van der Waals surface area contributed by atoms with Gasteiger partial charge in [0.2, 0.25) is 0 Å². The molecule has 1 aliphatic carbocycles. The number of hydrogen-bond donors (Lipinski definition) is 3. The second-order valence-electron chi connectivity index (χ2n) is 10.1. The molecule has 192 valence electrons. The number of nitrogens with zero attached hydrogens (tertiary/aromatic N) is 4. The summed E-state index contributed by atoms with van der Waals surface area (Å²) in [5, 5.41) is 13.6. The molecule has 1 saturated heterocycles. The van der Waals surface area contributed by atoms with Crippen LogP contribution in [0.5, 0.6) is 5.75 Å². The molecule has 2 aromatic heterocycles. The Morgan fingerprint density at radius 2 is 2.17 bits per heavy atom. The Morgan fingerprint density at radius 1 is 1.33 bits per heavy atom. The first kappa shape index (κ1) is 24.3. The highest BCUT2D eigenvalue weighted by molar-refractivity contribution is 5.80. The Bertz CT molecular complexity index is 1350. The van der Waals surface area contributed by atoms with E-state index in [-0.39, 0.29) is 11.0 Å². The van der Waals surface area contributed by atoms with Crippen molar-refractivity contribution < 1.29 is 14.7 Å². The molecular formula is C26H34N6O4. The predicted octanol–water partition coefficient (Wildman–Crippen LogP) is 3.73. The number of aryl methyl sites for hydroxylation is 2. The van der Waals surface area contributed by atoms with Gasteiger partial charge in [0.25, 0.3) is 5.56 Å². The monoisotopic (exact) mass is 494 g/mol. The van der Waals surface area contributed by atoms with Crippen LogP contribution in [-0.2, 0) is 13.5 Å². The third-order valence-corrected chi connectivity index (χ3v) is 7.87. The summed E-state index contributed by atoms with van der Waals surface area (Å²) in [6, 6.07) is 5.76. The number of hydrogen-bond acceptors (Lipinski definition) is 6. The number of urea groups is 1. The highest BCUT2D eigenvalue weighted by atomic mass is 16.5. The van der Waals surface area contributed by atoms with Crippen LogP contribution in [0, 0.1) is 5.41 Å². The Morgan fingerprint density at radius 3 is 2.92 bits per heavy atom. The van der Waals surface area contributed by atoms with E-state index >= 15 is 0 Å². The lowest BCUT2D eigenvalue weighted by molar-refractivity contribution is 0.0800. The maximum atomic E-state index is 13.0. The summed E-state index contributed by atoms with van der Waals surface area (Å²) in [6.07, 6.45) is 5.72. The molecule has 1 spiro atoms. The summed E-state index contributed by atoms with van der Waals surface area (Å²) in [7, 11) is 1.76. The average Bonchev–Trinajstić information content (AvgIpc) is 3.44. The number of carbonyl (C=O) groups is 1. The molecule has 36 heavy (non-hydrogen) atoms. The normalized spacial score (nSPS) is 21.9. The van der Waals surface area contributed by atoms with Crippen molar-refractivity contribution in [1.29, 1.82) is 0 Å². The van der Waals surface area contributed by atoms with Crippen LogP contribution in [0.4, 0.5) is 4.79 Å². The maximum Gasteiger partial charge on any atom is 0.341 e. The van der Waals surface area contributed by atoms with E-state index in [1.54, 1.807) is 22.1 Å². The third kappa shape index (κ3) is 4.23. The van der Waals surface area contributed by atoms with Gasteiger partial charge in [0, 0.05) is 20.1 Å². The van der Waals surface area contributed by atoms with Crippen molar-refractivity contribution in [2.75, 3.05) is 19.7 Å². The van der Waals surface area contributed by atoms with E-state index in [1.807, 2.05) is 19.9 Å². The van der Waals surface area contributed by atoms with Gasteiger partial charge in [-0.05, 0) is 74.5 Å². The summed E-state index contributed by atoms with van der Waals surface area (Å²) in [6.45, 7) is 5.77. The number of aromatic nitrogens is 4. The fourth-order valence-electron chi connectivity index (χ4n) is 6.19. The molecule has 2 aliphatic rings. The summed E-state index contributed by atoms with van der Waals surface area (Å²) in [4.78, 5) is 34.5. The minimum absolute atomic E-state index is 0.0609. The number of amides is 2. The first-order valence-corrected chi connectivity index (χ1v) is 12.8. The van der Waals surface area contributed by atoms with Gasteiger partial charge in [-0.2, -0.15) is 5.10 Å². The van der Waals surface area contributed by atoms with Gasteiger partial charge < -0.3 is 14.6 Å². The van der Waals surface area contributed by atoms with Gasteiger partial charge in [0.05, 0.1) is 17.9 Å². The molecule has 1 saturated carbocycles. The largest absolute Gasteiger partial charge is 0.493 e. The molecule has 10 nitrogen and oxygen atoms in total. The first-order chi connectivity index (χ1) is 17.4. The van der Waals surface area contributed by atoms with Crippen molar-refractivity contribution in [2.24, 2.45) is 12.5 Å². The molecule has 1 aliphatic heterocycles. The van der Waals surface area contributed by atoms with E-state index in [0.29, 0.717) is 54.6 Å². The Labute approximate surface area is 209 Å². The van der Waals surface area contributed by atoms with Crippen LogP contribution in [-0.4, -0.2) is 55.6 Å². The third-order valence-electron chi connectivity index (χ3n) is 7.87. The number of H-pyrrole nitrogens is 1. The zero-order chi connectivity index (χ0) is 25.4. The van der Waals surface area contributed by atoms with Gasteiger partial charge in [0.1, 0.15) is 17.1 Å². The van der Waals surface area contributed by atoms with E-state index in [4.69, 9.17) is 14.9 Å². The topological polar surface area (TPSA) is 125 Å². The molecule has 2 atom stereocenters. The Hall–Kier alpha value is -3.40. The van der Waals surface area contributed by atoms with E-state index in [1.165, 1.54) is 5.56 Å². The molecule has 3 aromatic rings. The minimum atomic E-state index is -0.423. The SMILES string of the molecule is CCOc1ccc(C2CCC3(CCCN(C(=O)NO)C3)C2)cc1-c1nc2c(CC)nn(C)c2c(=O)[nH]1. The van der Waals surface area contributed by atoms with Crippen molar-refractivity contribution in [2.45, 2.75) is 58.3 Å². The molecule has 3 N–H and O–H groups in total. The quantitative estimate of drug-likeness (QED) is 0.367.